The Bertz CT molecular complexity index is 538. The van der Waals surface area contributed by atoms with Crippen LogP contribution >= 0.6 is 0 Å². The van der Waals surface area contributed by atoms with E-state index in [0.29, 0.717) is 0 Å². The molecule has 0 aliphatic carbocycles. The van der Waals surface area contributed by atoms with Crippen molar-refractivity contribution in [2.75, 3.05) is 0 Å². The second kappa shape index (κ2) is 4.67. The molecule has 0 radical (unpaired) electrons. The fraction of sp³-hybridized carbons (Fsp3) is 0. The maximum Gasteiger partial charge on any atom is 0.278 e. The predicted octanol–water partition coefficient (Wildman–Crippen LogP) is 2.18. The minimum absolute atomic E-state index is 0.0344. The molecular weight excluding hydrogens is 218 g/mol. The summed E-state index contributed by atoms with van der Waals surface area (Å²) in [6.07, 6.45) is 0. The highest BCUT2D eigenvalue weighted by molar-refractivity contribution is 5.96. The van der Waals surface area contributed by atoms with Crippen LogP contribution in [0.4, 0.5) is 0 Å². The first-order valence-corrected chi connectivity index (χ1v) is 5.05. The summed E-state index contributed by atoms with van der Waals surface area (Å²) in [5.41, 5.74) is 3.26. The molecule has 3 N–H and O–H groups in total. The van der Waals surface area contributed by atoms with Gasteiger partial charge in [-0.25, -0.2) is 5.48 Å². The molecule has 2 aromatic carbocycles. The topological polar surface area (TPSA) is 69.6 Å². The summed E-state index contributed by atoms with van der Waals surface area (Å²) in [7, 11) is 0. The van der Waals surface area contributed by atoms with E-state index in [1.165, 1.54) is 17.6 Å². The molecule has 0 spiro atoms. The van der Waals surface area contributed by atoms with E-state index in [9.17, 15) is 9.90 Å². The molecule has 0 unspecified atom stereocenters. The second-order valence-electron chi connectivity index (χ2n) is 3.54. The van der Waals surface area contributed by atoms with E-state index < -0.39 is 5.91 Å². The van der Waals surface area contributed by atoms with Gasteiger partial charge in [-0.3, -0.25) is 10.0 Å². The molecule has 1 amide bonds. The lowest BCUT2D eigenvalue weighted by Crippen LogP contribution is -2.18. The minimum atomic E-state index is -0.734. The zero-order valence-electron chi connectivity index (χ0n) is 8.92. The number of hydrogen-bond acceptors (Lipinski definition) is 3. The molecule has 17 heavy (non-hydrogen) atoms. The Morgan fingerprint density at radius 1 is 1.00 bits per heavy atom. The number of hydroxylamine groups is 1. The number of amides is 1. The van der Waals surface area contributed by atoms with E-state index in [0.717, 1.165) is 11.1 Å². The lowest BCUT2D eigenvalue weighted by atomic mass is 10.0. The fourth-order valence-electron chi connectivity index (χ4n) is 1.59. The first-order valence-electron chi connectivity index (χ1n) is 5.05. The highest BCUT2D eigenvalue weighted by Gasteiger charge is 2.10. The average Bonchev–Trinajstić information content (AvgIpc) is 2.39. The standard InChI is InChI=1S/C13H11NO3/c15-12-8-10(9-4-2-1-3-5-9)6-7-11(12)13(16)14-17/h1-8,15,17H,(H,14,16). The van der Waals surface area contributed by atoms with Crippen LogP contribution in [0, 0.1) is 0 Å². The van der Waals surface area contributed by atoms with Gasteiger partial charge >= 0.3 is 0 Å². The van der Waals surface area contributed by atoms with Crippen LogP contribution in [0.5, 0.6) is 5.75 Å². The third kappa shape index (κ3) is 2.26. The molecule has 86 valence electrons. The van der Waals surface area contributed by atoms with Crippen LogP contribution in [0.15, 0.2) is 48.5 Å². The molecular formula is C13H11NO3. The molecule has 0 atom stereocenters. The molecule has 0 bridgehead atoms. The summed E-state index contributed by atoms with van der Waals surface area (Å²) in [4.78, 5) is 11.2. The zero-order chi connectivity index (χ0) is 12.3. The minimum Gasteiger partial charge on any atom is -0.507 e. The molecule has 0 saturated carbocycles. The summed E-state index contributed by atoms with van der Waals surface area (Å²) < 4.78 is 0. The summed E-state index contributed by atoms with van der Waals surface area (Å²) in [5.74, 6) is -0.903. The van der Waals surface area contributed by atoms with E-state index in [-0.39, 0.29) is 11.3 Å². The molecule has 4 nitrogen and oxygen atoms in total. The molecule has 0 heterocycles. The van der Waals surface area contributed by atoms with E-state index in [1.807, 2.05) is 30.3 Å². The molecule has 0 aliphatic heterocycles. The first kappa shape index (κ1) is 11.2. The van der Waals surface area contributed by atoms with Gasteiger partial charge in [0.25, 0.3) is 5.91 Å². The SMILES string of the molecule is O=C(NO)c1ccc(-c2ccccc2)cc1O. The number of carbonyl (C=O) groups excluding carboxylic acids is 1. The van der Waals surface area contributed by atoms with Gasteiger partial charge in [-0.2, -0.15) is 0 Å². The number of rotatable bonds is 2. The average molecular weight is 229 g/mol. The van der Waals surface area contributed by atoms with Crippen LogP contribution in [0.2, 0.25) is 0 Å². The van der Waals surface area contributed by atoms with E-state index in [1.54, 1.807) is 6.07 Å². The van der Waals surface area contributed by atoms with Crippen LogP contribution in [0.3, 0.4) is 0 Å². The molecule has 2 rings (SSSR count). The molecule has 0 saturated heterocycles. The van der Waals surface area contributed by atoms with Gasteiger partial charge in [-0.1, -0.05) is 36.4 Å². The molecule has 4 heteroatoms. The van der Waals surface area contributed by atoms with E-state index in [2.05, 4.69) is 0 Å². The van der Waals surface area contributed by atoms with Gasteiger partial charge in [0.05, 0.1) is 5.56 Å². The van der Waals surface area contributed by atoms with Gasteiger partial charge in [0, 0.05) is 0 Å². The highest BCUT2D eigenvalue weighted by Crippen LogP contribution is 2.26. The Morgan fingerprint density at radius 3 is 2.29 bits per heavy atom. The van der Waals surface area contributed by atoms with Crippen molar-refractivity contribution < 1.29 is 15.1 Å². The molecule has 0 aromatic heterocycles. The van der Waals surface area contributed by atoms with E-state index in [4.69, 9.17) is 5.21 Å². The Balaban J connectivity index is 2.41. The Labute approximate surface area is 98.1 Å². The number of carbonyl (C=O) groups is 1. The molecule has 0 aliphatic rings. The van der Waals surface area contributed by atoms with Crippen molar-refractivity contribution in [2.24, 2.45) is 0 Å². The molecule has 2 aromatic rings. The van der Waals surface area contributed by atoms with Gasteiger partial charge < -0.3 is 5.11 Å². The number of aromatic hydroxyl groups is 1. The van der Waals surface area contributed by atoms with Gasteiger partial charge in [-0.15, -0.1) is 0 Å². The smallest absolute Gasteiger partial charge is 0.278 e. The van der Waals surface area contributed by atoms with Crippen LogP contribution in [-0.2, 0) is 0 Å². The summed E-state index contributed by atoms with van der Waals surface area (Å²) in [5, 5.41) is 18.2. The first-order chi connectivity index (χ1) is 8.22. The van der Waals surface area contributed by atoms with Crippen LogP contribution < -0.4 is 5.48 Å². The van der Waals surface area contributed by atoms with Crippen molar-refractivity contribution in [1.82, 2.24) is 5.48 Å². The van der Waals surface area contributed by atoms with Crippen molar-refractivity contribution in [3.63, 3.8) is 0 Å². The van der Waals surface area contributed by atoms with Crippen molar-refractivity contribution in [3.05, 3.63) is 54.1 Å². The lowest BCUT2D eigenvalue weighted by molar-refractivity contribution is 0.0703. The number of hydrogen-bond donors (Lipinski definition) is 3. The summed E-state index contributed by atoms with van der Waals surface area (Å²) in [6, 6.07) is 14.1. The normalized spacial score (nSPS) is 9.94. The Morgan fingerprint density at radius 2 is 1.71 bits per heavy atom. The second-order valence-corrected chi connectivity index (χ2v) is 3.54. The largest absolute Gasteiger partial charge is 0.507 e. The fourth-order valence-corrected chi connectivity index (χ4v) is 1.59. The number of benzene rings is 2. The van der Waals surface area contributed by atoms with E-state index >= 15 is 0 Å². The van der Waals surface area contributed by atoms with Gasteiger partial charge in [-0.05, 0) is 23.3 Å². The lowest BCUT2D eigenvalue weighted by Gasteiger charge is -2.06. The Hall–Kier alpha value is -2.33. The van der Waals surface area contributed by atoms with Gasteiger partial charge in [0.1, 0.15) is 5.75 Å². The van der Waals surface area contributed by atoms with Crippen LogP contribution in [0.25, 0.3) is 11.1 Å². The number of phenols is 1. The maximum atomic E-state index is 11.2. The van der Waals surface area contributed by atoms with Crippen molar-refractivity contribution in [2.45, 2.75) is 0 Å². The number of nitrogens with one attached hydrogen (secondary N) is 1. The third-order valence-electron chi connectivity index (χ3n) is 2.45. The van der Waals surface area contributed by atoms with Gasteiger partial charge in [0.2, 0.25) is 0 Å². The Kier molecular flexibility index (Phi) is 3.07. The van der Waals surface area contributed by atoms with Crippen molar-refractivity contribution in [3.8, 4) is 16.9 Å². The summed E-state index contributed by atoms with van der Waals surface area (Å²) in [6.45, 7) is 0. The van der Waals surface area contributed by atoms with Crippen molar-refractivity contribution in [1.29, 1.82) is 0 Å². The number of phenolic OH excluding ortho intramolecular Hbond substituents is 1. The summed E-state index contributed by atoms with van der Waals surface area (Å²) >= 11 is 0. The van der Waals surface area contributed by atoms with Crippen molar-refractivity contribution >= 4 is 5.91 Å². The third-order valence-corrected chi connectivity index (χ3v) is 2.45. The predicted molar refractivity (Wildman–Crippen MR) is 62.8 cm³/mol. The highest BCUT2D eigenvalue weighted by atomic mass is 16.5. The maximum absolute atomic E-state index is 11.2. The van der Waals surface area contributed by atoms with Crippen LogP contribution in [0.1, 0.15) is 10.4 Å². The van der Waals surface area contributed by atoms with Crippen LogP contribution in [-0.4, -0.2) is 16.2 Å². The van der Waals surface area contributed by atoms with Gasteiger partial charge in [0.15, 0.2) is 0 Å². The monoisotopic (exact) mass is 229 g/mol. The molecule has 0 fully saturated rings. The quantitative estimate of drug-likeness (QED) is 0.546. The zero-order valence-corrected chi connectivity index (χ0v) is 8.92.